The van der Waals surface area contributed by atoms with Crippen LogP contribution in [-0.4, -0.2) is 24.4 Å². The number of nitrogens with zero attached hydrogens (tertiary/aromatic N) is 1. The van der Waals surface area contributed by atoms with Crippen molar-refractivity contribution in [3.8, 4) is 6.07 Å². The number of nitrogens with one attached hydrogen (secondary N) is 2. The summed E-state index contributed by atoms with van der Waals surface area (Å²) in [6.07, 6.45) is 1.31. The number of anilines is 2. The smallest absolute Gasteiger partial charge is 0.338 e. The Hall–Kier alpha value is -3.66. The van der Waals surface area contributed by atoms with Gasteiger partial charge in [0.2, 0.25) is 5.91 Å². The summed E-state index contributed by atoms with van der Waals surface area (Å²) in [6.45, 7) is 3.62. The molecular formula is C22H23N3O4. The third-order valence-electron chi connectivity index (χ3n) is 4.24. The molecule has 0 saturated carbocycles. The van der Waals surface area contributed by atoms with Crippen LogP contribution in [-0.2, 0) is 27.2 Å². The van der Waals surface area contributed by atoms with Crippen LogP contribution in [0.1, 0.15) is 41.8 Å². The zero-order chi connectivity index (χ0) is 21.2. The third kappa shape index (κ3) is 6.18. The Kier molecular flexibility index (Phi) is 7.92. The summed E-state index contributed by atoms with van der Waals surface area (Å²) >= 11 is 0. The number of carbonyl (C=O) groups excluding carboxylic acids is 3. The van der Waals surface area contributed by atoms with Crippen LogP contribution >= 0.6 is 0 Å². The van der Waals surface area contributed by atoms with E-state index in [9.17, 15) is 14.4 Å². The molecule has 2 aromatic rings. The summed E-state index contributed by atoms with van der Waals surface area (Å²) in [7, 11) is 0. The van der Waals surface area contributed by atoms with Gasteiger partial charge in [-0.1, -0.05) is 32.0 Å². The monoisotopic (exact) mass is 393 g/mol. The van der Waals surface area contributed by atoms with E-state index in [1.165, 1.54) is 24.3 Å². The molecule has 0 aliphatic heterocycles. The molecule has 29 heavy (non-hydrogen) atoms. The van der Waals surface area contributed by atoms with Crippen LogP contribution < -0.4 is 10.6 Å². The second-order valence-electron chi connectivity index (χ2n) is 6.24. The maximum atomic E-state index is 12.3. The molecule has 0 unspecified atom stereocenters. The molecule has 2 aromatic carbocycles. The van der Waals surface area contributed by atoms with Crippen LogP contribution in [0.25, 0.3) is 0 Å². The lowest BCUT2D eigenvalue weighted by Crippen LogP contribution is -2.22. The fraction of sp³-hybridized carbons (Fsp3) is 0.273. The number of hydrogen-bond donors (Lipinski definition) is 2. The molecule has 0 aromatic heterocycles. The lowest BCUT2D eigenvalue weighted by Gasteiger charge is -2.14. The highest BCUT2D eigenvalue weighted by molar-refractivity contribution is 5.97. The Morgan fingerprint density at radius 1 is 0.931 bits per heavy atom. The number of para-hydroxylation sites is 1. The molecule has 0 aliphatic rings. The van der Waals surface area contributed by atoms with E-state index >= 15 is 0 Å². The van der Waals surface area contributed by atoms with Crippen LogP contribution in [0.3, 0.4) is 0 Å². The van der Waals surface area contributed by atoms with Gasteiger partial charge in [-0.05, 0) is 48.2 Å². The van der Waals surface area contributed by atoms with E-state index in [1.807, 2.05) is 32.0 Å². The fourth-order valence-corrected chi connectivity index (χ4v) is 2.76. The van der Waals surface area contributed by atoms with Crippen molar-refractivity contribution in [1.29, 1.82) is 5.26 Å². The Balaban J connectivity index is 1.93. The van der Waals surface area contributed by atoms with Gasteiger partial charge < -0.3 is 15.4 Å². The highest BCUT2D eigenvalue weighted by Gasteiger charge is 2.13. The fourth-order valence-electron chi connectivity index (χ4n) is 2.76. The summed E-state index contributed by atoms with van der Waals surface area (Å²) in [5, 5.41) is 13.9. The van der Waals surface area contributed by atoms with Gasteiger partial charge in [0.1, 0.15) is 6.42 Å². The van der Waals surface area contributed by atoms with Crippen molar-refractivity contribution in [3.05, 3.63) is 59.2 Å². The van der Waals surface area contributed by atoms with E-state index in [4.69, 9.17) is 10.00 Å². The minimum atomic E-state index is -0.644. The average molecular weight is 393 g/mol. The first-order valence-corrected chi connectivity index (χ1v) is 9.33. The molecule has 2 N–H and O–H groups in total. The SMILES string of the molecule is CCc1cccc(CC)c1NC(=O)COC(=O)c1ccc(NC(=O)CC#N)cc1. The van der Waals surface area contributed by atoms with E-state index in [0.29, 0.717) is 5.69 Å². The van der Waals surface area contributed by atoms with Crippen molar-refractivity contribution < 1.29 is 19.1 Å². The lowest BCUT2D eigenvalue weighted by atomic mass is 10.0. The summed E-state index contributed by atoms with van der Waals surface area (Å²) in [6, 6.07) is 13.6. The highest BCUT2D eigenvalue weighted by atomic mass is 16.5. The highest BCUT2D eigenvalue weighted by Crippen LogP contribution is 2.22. The zero-order valence-corrected chi connectivity index (χ0v) is 16.5. The summed E-state index contributed by atoms with van der Waals surface area (Å²) in [5.74, 6) is -1.48. The van der Waals surface area contributed by atoms with Crippen molar-refractivity contribution >= 4 is 29.2 Å². The molecule has 0 aliphatic carbocycles. The molecule has 2 rings (SSSR count). The van der Waals surface area contributed by atoms with Crippen molar-refractivity contribution in [2.24, 2.45) is 0 Å². The maximum Gasteiger partial charge on any atom is 0.338 e. The summed E-state index contributed by atoms with van der Waals surface area (Å²) < 4.78 is 5.09. The van der Waals surface area contributed by atoms with Gasteiger partial charge in [0, 0.05) is 11.4 Å². The number of amides is 2. The molecule has 7 nitrogen and oxygen atoms in total. The molecule has 0 heterocycles. The van der Waals surface area contributed by atoms with Gasteiger partial charge in [-0.25, -0.2) is 4.79 Å². The van der Waals surface area contributed by atoms with E-state index in [1.54, 1.807) is 6.07 Å². The van der Waals surface area contributed by atoms with Crippen molar-refractivity contribution in [1.82, 2.24) is 0 Å². The van der Waals surface area contributed by atoms with Gasteiger partial charge in [-0.2, -0.15) is 5.26 Å². The Morgan fingerprint density at radius 3 is 2.10 bits per heavy atom. The molecule has 150 valence electrons. The first-order valence-electron chi connectivity index (χ1n) is 9.33. The van der Waals surface area contributed by atoms with Gasteiger partial charge >= 0.3 is 5.97 Å². The Bertz CT molecular complexity index is 908. The first kappa shape index (κ1) is 21.6. The van der Waals surface area contributed by atoms with Crippen LogP contribution in [0.15, 0.2) is 42.5 Å². The number of benzene rings is 2. The van der Waals surface area contributed by atoms with Crippen molar-refractivity contribution in [2.75, 3.05) is 17.2 Å². The molecular weight excluding hydrogens is 370 g/mol. The van der Waals surface area contributed by atoms with Gasteiger partial charge in [-0.15, -0.1) is 0 Å². The van der Waals surface area contributed by atoms with Gasteiger partial charge in [0.25, 0.3) is 5.91 Å². The normalized spacial score (nSPS) is 9.97. The molecule has 0 fully saturated rings. The molecule has 0 spiro atoms. The number of hydrogen-bond acceptors (Lipinski definition) is 5. The average Bonchev–Trinajstić information content (AvgIpc) is 2.72. The van der Waals surface area contributed by atoms with Crippen molar-refractivity contribution in [3.63, 3.8) is 0 Å². The Labute approximate surface area is 169 Å². The summed E-state index contributed by atoms with van der Waals surface area (Å²) in [5.41, 5.74) is 3.54. The maximum absolute atomic E-state index is 12.3. The standard InChI is InChI=1S/C22H23N3O4/c1-3-15-6-5-7-16(4-2)21(15)25-20(27)14-29-22(28)17-8-10-18(11-9-17)24-19(26)12-13-23/h5-11H,3-4,12,14H2,1-2H3,(H,24,26)(H,25,27). The number of ether oxygens (including phenoxy) is 1. The number of carbonyl (C=O) groups is 3. The molecule has 0 atom stereocenters. The molecule has 0 saturated heterocycles. The third-order valence-corrected chi connectivity index (χ3v) is 4.24. The van der Waals surface area contributed by atoms with Crippen LogP contribution in [0.4, 0.5) is 11.4 Å². The number of rotatable bonds is 8. The van der Waals surface area contributed by atoms with E-state index in [2.05, 4.69) is 10.6 Å². The molecule has 0 bridgehead atoms. The van der Waals surface area contributed by atoms with Crippen LogP contribution in [0.5, 0.6) is 0 Å². The molecule has 7 heteroatoms. The zero-order valence-electron chi connectivity index (χ0n) is 16.5. The van der Waals surface area contributed by atoms with Crippen LogP contribution in [0.2, 0.25) is 0 Å². The second kappa shape index (κ2) is 10.6. The van der Waals surface area contributed by atoms with E-state index < -0.39 is 24.4 Å². The quantitative estimate of drug-likeness (QED) is 0.668. The molecule has 0 radical (unpaired) electrons. The minimum Gasteiger partial charge on any atom is -0.452 e. The predicted octanol–water partition coefficient (Wildman–Crippen LogP) is 3.46. The van der Waals surface area contributed by atoms with E-state index in [-0.39, 0.29) is 12.0 Å². The predicted molar refractivity (Wildman–Crippen MR) is 109 cm³/mol. The van der Waals surface area contributed by atoms with Gasteiger partial charge in [-0.3, -0.25) is 9.59 Å². The molecule has 2 amide bonds. The number of esters is 1. The van der Waals surface area contributed by atoms with Gasteiger partial charge in [0.15, 0.2) is 6.61 Å². The number of nitriles is 1. The Morgan fingerprint density at radius 2 is 1.55 bits per heavy atom. The first-order chi connectivity index (χ1) is 14.0. The van der Waals surface area contributed by atoms with Crippen molar-refractivity contribution in [2.45, 2.75) is 33.1 Å². The lowest BCUT2D eigenvalue weighted by molar-refractivity contribution is -0.119. The van der Waals surface area contributed by atoms with Crippen LogP contribution in [0, 0.1) is 11.3 Å². The van der Waals surface area contributed by atoms with Gasteiger partial charge in [0.05, 0.1) is 11.6 Å². The number of aryl methyl sites for hydroxylation is 2. The second-order valence-corrected chi connectivity index (χ2v) is 6.24. The largest absolute Gasteiger partial charge is 0.452 e. The topological polar surface area (TPSA) is 108 Å². The van der Waals surface area contributed by atoms with E-state index in [0.717, 1.165) is 29.7 Å². The summed E-state index contributed by atoms with van der Waals surface area (Å²) in [4.78, 5) is 35.8. The minimum absolute atomic E-state index is 0.249.